The number of esters is 1. The SMILES string of the molecule is CCOC(=O)CC(=O)COc1ccc(C(C)(C)C)cc1. The van der Waals surface area contributed by atoms with Crippen molar-refractivity contribution in [3.05, 3.63) is 29.8 Å². The van der Waals surface area contributed by atoms with Gasteiger partial charge in [0.25, 0.3) is 0 Å². The van der Waals surface area contributed by atoms with Gasteiger partial charge in [-0.3, -0.25) is 9.59 Å². The van der Waals surface area contributed by atoms with E-state index in [9.17, 15) is 9.59 Å². The average Bonchev–Trinajstić information content (AvgIpc) is 2.36. The van der Waals surface area contributed by atoms with Crippen LogP contribution in [-0.4, -0.2) is 25.0 Å². The Bertz CT molecular complexity index is 454. The average molecular weight is 278 g/mol. The van der Waals surface area contributed by atoms with Crippen LogP contribution < -0.4 is 4.74 Å². The molecule has 0 N–H and O–H groups in total. The summed E-state index contributed by atoms with van der Waals surface area (Å²) < 4.78 is 10.1. The first-order valence-electron chi connectivity index (χ1n) is 6.73. The van der Waals surface area contributed by atoms with E-state index in [0.717, 1.165) is 0 Å². The van der Waals surface area contributed by atoms with Crippen LogP contribution in [0.25, 0.3) is 0 Å². The van der Waals surface area contributed by atoms with Crippen LogP contribution in [0.5, 0.6) is 5.75 Å². The lowest BCUT2D eigenvalue weighted by molar-refractivity contribution is -0.145. The summed E-state index contributed by atoms with van der Waals surface area (Å²) in [5.74, 6) is -0.178. The zero-order valence-corrected chi connectivity index (χ0v) is 12.6. The van der Waals surface area contributed by atoms with Gasteiger partial charge in [0.05, 0.1) is 6.61 Å². The van der Waals surface area contributed by atoms with Gasteiger partial charge >= 0.3 is 5.97 Å². The highest BCUT2D eigenvalue weighted by Gasteiger charge is 2.14. The number of benzene rings is 1. The Morgan fingerprint density at radius 2 is 1.70 bits per heavy atom. The molecule has 4 heteroatoms. The van der Waals surface area contributed by atoms with Crippen molar-refractivity contribution >= 4 is 11.8 Å². The number of hydrogen-bond donors (Lipinski definition) is 0. The summed E-state index contributed by atoms with van der Waals surface area (Å²) in [5, 5.41) is 0. The smallest absolute Gasteiger partial charge is 0.313 e. The molecule has 0 atom stereocenters. The molecule has 0 unspecified atom stereocenters. The molecule has 110 valence electrons. The number of rotatable bonds is 6. The lowest BCUT2D eigenvalue weighted by atomic mass is 9.87. The van der Waals surface area contributed by atoms with Gasteiger partial charge in [-0.05, 0) is 30.0 Å². The highest BCUT2D eigenvalue weighted by atomic mass is 16.5. The Morgan fingerprint density at radius 3 is 2.20 bits per heavy atom. The number of carbonyl (C=O) groups is 2. The Morgan fingerprint density at radius 1 is 1.10 bits per heavy atom. The van der Waals surface area contributed by atoms with E-state index in [0.29, 0.717) is 5.75 Å². The van der Waals surface area contributed by atoms with E-state index < -0.39 is 5.97 Å². The summed E-state index contributed by atoms with van der Waals surface area (Å²) in [4.78, 5) is 22.6. The van der Waals surface area contributed by atoms with Crippen LogP contribution in [0.3, 0.4) is 0 Å². The summed E-state index contributed by atoms with van der Waals surface area (Å²) in [7, 11) is 0. The van der Waals surface area contributed by atoms with Gasteiger partial charge in [-0.1, -0.05) is 32.9 Å². The van der Waals surface area contributed by atoms with E-state index in [4.69, 9.17) is 9.47 Å². The molecule has 1 rings (SSSR count). The third kappa shape index (κ3) is 5.43. The quantitative estimate of drug-likeness (QED) is 0.593. The normalized spacial score (nSPS) is 11.0. The molecule has 0 saturated carbocycles. The highest BCUT2D eigenvalue weighted by molar-refractivity contribution is 5.96. The Hall–Kier alpha value is -1.84. The molecule has 0 bridgehead atoms. The van der Waals surface area contributed by atoms with Crippen molar-refractivity contribution in [3.8, 4) is 5.75 Å². The summed E-state index contributed by atoms with van der Waals surface area (Å²) in [5.41, 5.74) is 1.28. The van der Waals surface area contributed by atoms with Crippen LogP contribution in [0.15, 0.2) is 24.3 Å². The second kappa shape index (κ2) is 7.08. The fourth-order valence-electron chi connectivity index (χ4n) is 1.64. The maximum absolute atomic E-state index is 11.5. The molecule has 0 amide bonds. The molecule has 0 spiro atoms. The first kappa shape index (κ1) is 16.2. The monoisotopic (exact) mass is 278 g/mol. The molecule has 1 aromatic carbocycles. The molecular formula is C16H22O4. The van der Waals surface area contributed by atoms with Crippen molar-refractivity contribution < 1.29 is 19.1 Å². The van der Waals surface area contributed by atoms with E-state index in [1.807, 2.05) is 24.3 Å². The zero-order valence-electron chi connectivity index (χ0n) is 12.6. The van der Waals surface area contributed by atoms with Crippen molar-refractivity contribution in [2.45, 2.75) is 39.5 Å². The minimum Gasteiger partial charge on any atom is -0.486 e. The Kier molecular flexibility index (Phi) is 5.74. The zero-order chi connectivity index (χ0) is 15.2. The number of carbonyl (C=O) groups excluding carboxylic acids is 2. The summed E-state index contributed by atoms with van der Waals surface area (Å²) in [6.07, 6.45) is -0.242. The maximum Gasteiger partial charge on any atom is 0.313 e. The lowest BCUT2D eigenvalue weighted by Gasteiger charge is -2.19. The third-order valence-corrected chi connectivity index (χ3v) is 2.77. The fourth-order valence-corrected chi connectivity index (χ4v) is 1.64. The summed E-state index contributed by atoms with van der Waals surface area (Å²) in [6.45, 7) is 8.26. The van der Waals surface area contributed by atoms with Crippen molar-refractivity contribution in [2.75, 3.05) is 13.2 Å². The summed E-state index contributed by atoms with van der Waals surface area (Å²) >= 11 is 0. The van der Waals surface area contributed by atoms with E-state index >= 15 is 0 Å². The fraction of sp³-hybridized carbons (Fsp3) is 0.500. The molecule has 0 aliphatic carbocycles. The predicted octanol–water partition coefficient (Wildman–Crippen LogP) is 2.89. The maximum atomic E-state index is 11.5. The second-order valence-electron chi connectivity index (χ2n) is 5.58. The molecular weight excluding hydrogens is 256 g/mol. The first-order chi connectivity index (χ1) is 9.32. The molecule has 0 aliphatic heterocycles. The third-order valence-electron chi connectivity index (χ3n) is 2.77. The predicted molar refractivity (Wildman–Crippen MR) is 76.9 cm³/mol. The molecule has 20 heavy (non-hydrogen) atoms. The van der Waals surface area contributed by atoms with E-state index in [1.165, 1.54) is 5.56 Å². The number of hydrogen-bond acceptors (Lipinski definition) is 4. The van der Waals surface area contributed by atoms with Gasteiger partial charge in [0.1, 0.15) is 18.8 Å². The van der Waals surface area contributed by atoms with E-state index in [-0.39, 0.29) is 30.8 Å². The Labute approximate surface area is 120 Å². The summed E-state index contributed by atoms with van der Waals surface area (Å²) in [6, 6.07) is 7.62. The van der Waals surface area contributed by atoms with Gasteiger partial charge in [0.2, 0.25) is 0 Å². The van der Waals surface area contributed by atoms with Crippen LogP contribution in [0.4, 0.5) is 0 Å². The van der Waals surface area contributed by atoms with Gasteiger partial charge in [0, 0.05) is 0 Å². The molecule has 0 aliphatic rings. The van der Waals surface area contributed by atoms with Crippen molar-refractivity contribution in [2.24, 2.45) is 0 Å². The molecule has 4 nitrogen and oxygen atoms in total. The largest absolute Gasteiger partial charge is 0.486 e. The van der Waals surface area contributed by atoms with Crippen LogP contribution >= 0.6 is 0 Å². The van der Waals surface area contributed by atoms with Gasteiger partial charge in [-0.15, -0.1) is 0 Å². The molecule has 0 fully saturated rings. The number of ether oxygens (including phenoxy) is 2. The minimum atomic E-state index is -0.510. The number of ketones is 1. The van der Waals surface area contributed by atoms with Crippen LogP contribution in [0, 0.1) is 0 Å². The molecule has 0 saturated heterocycles. The van der Waals surface area contributed by atoms with Gasteiger partial charge in [-0.25, -0.2) is 0 Å². The second-order valence-corrected chi connectivity index (χ2v) is 5.58. The van der Waals surface area contributed by atoms with Crippen LogP contribution in [0.1, 0.15) is 39.7 Å². The number of Topliss-reactive ketones (excluding diaryl/α,β-unsaturated/α-hetero) is 1. The Balaban J connectivity index is 2.46. The van der Waals surface area contributed by atoms with Crippen molar-refractivity contribution in [1.29, 1.82) is 0 Å². The van der Waals surface area contributed by atoms with Gasteiger partial charge in [-0.2, -0.15) is 0 Å². The van der Waals surface area contributed by atoms with Crippen LogP contribution in [0.2, 0.25) is 0 Å². The molecule has 0 radical (unpaired) electrons. The van der Waals surface area contributed by atoms with Gasteiger partial charge < -0.3 is 9.47 Å². The van der Waals surface area contributed by atoms with E-state index in [1.54, 1.807) is 6.92 Å². The van der Waals surface area contributed by atoms with Crippen molar-refractivity contribution in [1.82, 2.24) is 0 Å². The molecule has 1 aromatic rings. The van der Waals surface area contributed by atoms with Crippen LogP contribution in [-0.2, 0) is 19.7 Å². The van der Waals surface area contributed by atoms with Crippen molar-refractivity contribution in [3.63, 3.8) is 0 Å². The standard InChI is InChI=1S/C16H22O4/c1-5-19-15(18)10-13(17)11-20-14-8-6-12(7-9-14)16(2,3)4/h6-9H,5,10-11H2,1-4H3. The topological polar surface area (TPSA) is 52.6 Å². The molecule has 0 heterocycles. The van der Waals surface area contributed by atoms with Gasteiger partial charge in [0.15, 0.2) is 5.78 Å². The van der Waals surface area contributed by atoms with E-state index in [2.05, 4.69) is 20.8 Å². The first-order valence-corrected chi connectivity index (χ1v) is 6.73. The lowest BCUT2D eigenvalue weighted by Crippen LogP contribution is -2.17. The highest BCUT2D eigenvalue weighted by Crippen LogP contribution is 2.24. The minimum absolute atomic E-state index is 0.0816. The molecule has 0 aromatic heterocycles.